The van der Waals surface area contributed by atoms with Crippen molar-refractivity contribution < 1.29 is 4.74 Å². The van der Waals surface area contributed by atoms with Gasteiger partial charge in [0.05, 0.1) is 11.4 Å². The maximum atomic E-state index is 5.93. The molecule has 3 heterocycles. The van der Waals surface area contributed by atoms with Gasteiger partial charge in [-0.3, -0.25) is 4.98 Å². The van der Waals surface area contributed by atoms with Gasteiger partial charge in [0.15, 0.2) is 5.65 Å². The summed E-state index contributed by atoms with van der Waals surface area (Å²) in [5, 5.41) is 12.5. The molecule has 0 saturated heterocycles. The molecule has 5 rings (SSSR count). The van der Waals surface area contributed by atoms with Gasteiger partial charge in [-0.15, -0.1) is 10.2 Å². The molecule has 0 bridgehead atoms. The molecule has 2 N–H and O–H groups in total. The second-order valence-electron chi connectivity index (χ2n) is 9.12. The highest BCUT2D eigenvalue weighted by atomic mass is 16.5. The van der Waals surface area contributed by atoms with Crippen LogP contribution in [0.1, 0.15) is 37.6 Å². The van der Waals surface area contributed by atoms with Crippen molar-refractivity contribution in [2.45, 2.75) is 32.8 Å². The Morgan fingerprint density at radius 3 is 2.26 bits per heavy atom. The summed E-state index contributed by atoms with van der Waals surface area (Å²) >= 11 is 0. The van der Waals surface area contributed by atoms with Crippen LogP contribution in [0.3, 0.4) is 0 Å². The van der Waals surface area contributed by atoms with E-state index in [0.29, 0.717) is 18.2 Å². The Morgan fingerprint density at radius 1 is 0.886 bits per heavy atom. The number of rotatable bonds is 7. The van der Waals surface area contributed by atoms with Crippen LogP contribution in [0.2, 0.25) is 0 Å². The number of nitrogen functional groups attached to an aromatic ring is 1. The minimum atomic E-state index is -0.172. The molecule has 7 heteroatoms. The molecule has 7 nitrogen and oxygen atoms in total. The summed E-state index contributed by atoms with van der Waals surface area (Å²) in [6, 6.07) is 26.6. The lowest BCUT2D eigenvalue weighted by molar-refractivity contribution is 0.301. The van der Waals surface area contributed by atoms with Gasteiger partial charge in [0, 0.05) is 17.2 Å². The average Bonchev–Trinajstić information content (AvgIpc) is 3.28. The summed E-state index contributed by atoms with van der Waals surface area (Å²) in [4.78, 5) is 4.32. The first-order valence-corrected chi connectivity index (χ1v) is 11.7. The fourth-order valence-corrected chi connectivity index (χ4v) is 4.32. The smallest absolute Gasteiger partial charge is 0.243 e. The van der Waals surface area contributed by atoms with Gasteiger partial charge in [0.2, 0.25) is 5.95 Å². The van der Waals surface area contributed by atoms with Crippen LogP contribution in [-0.4, -0.2) is 24.8 Å². The van der Waals surface area contributed by atoms with Crippen molar-refractivity contribution in [2.75, 3.05) is 5.73 Å². The minimum absolute atomic E-state index is 0.172. The lowest BCUT2D eigenvalue weighted by atomic mass is 9.68. The molecule has 0 aliphatic rings. The van der Waals surface area contributed by atoms with Crippen molar-refractivity contribution in [3.8, 4) is 17.0 Å². The van der Waals surface area contributed by atoms with Crippen LogP contribution in [0.25, 0.3) is 16.9 Å². The highest BCUT2D eigenvalue weighted by Gasteiger charge is 2.32. The minimum Gasteiger partial charge on any atom is -0.487 e. The van der Waals surface area contributed by atoms with Crippen molar-refractivity contribution in [3.05, 3.63) is 102 Å². The summed E-state index contributed by atoms with van der Waals surface area (Å²) in [6.07, 6.45) is 1.78. The molecule has 1 unspecified atom stereocenters. The molecular weight excluding hydrogens is 436 g/mol. The molecule has 3 aromatic heterocycles. The fraction of sp³-hybridized carbons (Fsp3) is 0.214. The second kappa shape index (κ2) is 9.18. The summed E-state index contributed by atoms with van der Waals surface area (Å²) in [5.74, 6) is 1.48. The van der Waals surface area contributed by atoms with Crippen LogP contribution in [0.4, 0.5) is 5.95 Å². The SMILES string of the molecule is CC(C)C(C)(c1ccc(OCc2ccccn2)cc1)c1ccc(-c2ccc3nnc(N)n3n2)cc1. The van der Waals surface area contributed by atoms with Crippen LogP contribution in [0.5, 0.6) is 5.75 Å². The van der Waals surface area contributed by atoms with Gasteiger partial charge in [-0.1, -0.05) is 63.2 Å². The first-order valence-electron chi connectivity index (χ1n) is 11.7. The molecule has 1 atom stereocenters. The van der Waals surface area contributed by atoms with Crippen molar-refractivity contribution >= 4 is 11.6 Å². The third-order valence-electron chi connectivity index (χ3n) is 6.79. The Labute approximate surface area is 204 Å². The van der Waals surface area contributed by atoms with E-state index < -0.39 is 0 Å². The van der Waals surface area contributed by atoms with E-state index >= 15 is 0 Å². The van der Waals surface area contributed by atoms with E-state index in [1.165, 1.54) is 11.1 Å². The Morgan fingerprint density at radius 2 is 1.60 bits per heavy atom. The summed E-state index contributed by atoms with van der Waals surface area (Å²) in [6.45, 7) is 7.25. The third kappa shape index (κ3) is 4.33. The van der Waals surface area contributed by atoms with Gasteiger partial charge in [-0.2, -0.15) is 9.61 Å². The number of benzene rings is 2. The molecule has 0 radical (unpaired) electrons. The standard InChI is InChI=1S/C28H28N6O/c1-19(2)28(3,22-11-13-24(14-12-22)35-18-23-6-4-5-17-30-23)21-9-7-20(8-10-21)25-15-16-26-31-32-27(29)34(26)33-25/h4-17,19H,18H2,1-3H3,(H2,29,32). The number of hydrogen-bond acceptors (Lipinski definition) is 6. The van der Waals surface area contributed by atoms with Crippen molar-refractivity contribution in [1.29, 1.82) is 0 Å². The van der Waals surface area contributed by atoms with Gasteiger partial charge >= 0.3 is 0 Å². The average molecular weight is 465 g/mol. The number of hydrogen-bond donors (Lipinski definition) is 1. The van der Waals surface area contributed by atoms with E-state index in [4.69, 9.17) is 10.5 Å². The Hall–Kier alpha value is -4.26. The molecule has 0 aliphatic heterocycles. The van der Waals surface area contributed by atoms with Crippen molar-refractivity contribution in [1.82, 2.24) is 24.8 Å². The van der Waals surface area contributed by atoms with Crippen molar-refractivity contribution in [2.24, 2.45) is 5.92 Å². The first-order chi connectivity index (χ1) is 16.9. The number of anilines is 1. The lowest BCUT2D eigenvalue weighted by Gasteiger charge is -2.35. The molecule has 0 fully saturated rings. The van der Waals surface area contributed by atoms with Crippen LogP contribution < -0.4 is 10.5 Å². The predicted molar refractivity (Wildman–Crippen MR) is 137 cm³/mol. The largest absolute Gasteiger partial charge is 0.487 e. The van der Waals surface area contributed by atoms with E-state index in [2.05, 4.69) is 77.4 Å². The van der Waals surface area contributed by atoms with Crippen molar-refractivity contribution in [3.63, 3.8) is 0 Å². The van der Waals surface area contributed by atoms with Crippen LogP contribution in [0.15, 0.2) is 85.1 Å². The van der Waals surface area contributed by atoms with Gasteiger partial charge in [0.25, 0.3) is 0 Å². The number of nitrogens with zero attached hydrogens (tertiary/aromatic N) is 5. The number of aromatic nitrogens is 5. The van der Waals surface area contributed by atoms with E-state index in [-0.39, 0.29) is 11.4 Å². The molecule has 2 aromatic carbocycles. The monoisotopic (exact) mass is 464 g/mol. The molecule has 0 saturated carbocycles. The number of pyridine rings is 1. The molecular formula is C28H28N6O. The highest BCUT2D eigenvalue weighted by Crippen LogP contribution is 2.40. The van der Waals surface area contributed by atoms with Gasteiger partial charge in [-0.25, -0.2) is 0 Å². The van der Waals surface area contributed by atoms with E-state index in [1.54, 1.807) is 10.7 Å². The van der Waals surface area contributed by atoms with E-state index in [1.807, 2.05) is 42.5 Å². The maximum absolute atomic E-state index is 5.93. The normalized spacial score (nSPS) is 13.1. The topological polar surface area (TPSA) is 91.2 Å². The number of ether oxygens (including phenoxy) is 1. The molecule has 0 aliphatic carbocycles. The third-order valence-corrected chi connectivity index (χ3v) is 6.79. The van der Waals surface area contributed by atoms with Gasteiger partial charge < -0.3 is 10.5 Å². The lowest BCUT2D eigenvalue weighted by Crippen LogP contribution is -2.30. The fourth-order valence-electron chi connectivity index (χ4n) is 4.32. The molecule has 5 aromatic rings. The molecule has 176 valence electrons. The first kappa shape index (κ1) is 22.5. The van der Waals surface area contributed by atoms with E-state index in [9.17, 15) is 0 Å². The van der Waals surface area contributed by atoms with Crippen LogP contribution in [-0.2, 0) is 12.0 Å². The second-order valence-corrected chi connectivity index (χ2v) is 9.12. The van der Waals surface area contributed by atoms with Crippen LogP contribution >= 0.6 is 0 Å². The zero-order valence-electron chi connectivity index (χ0n) is 20.1. The Balaban J connectivity index is 1.39. The van der Waals surface area contributed by atoms with Crippen LogP contribution in [0, 0.1) is 5.92 Å². The Bertz CT molecular complexity index is 1430. The summed E-state index contributed by atoms with van der Waals surface area (Å²) < 4.78 is 7.49. The highest BCUT2D eigenvalue weighted by molar-refractivity contribution is 5.62. The van der Waals surface area contributed by atoms with Gasteiger partial charge in [-0.05, 0) is 53.4 Å². The zero-order chi connectivity index (χ0) is 24.4. The van der Waals surface area contributed by atoms with E-state index in [0.717, 1.165) is 22.7 Å². The Kier molecular flexibility index (Phi) is 5.91. The maximum Gasteiger partial charge on any atom is 0.243 e. The molecule has 35 heavy (non-hydrogen) atoms. The number of fused-ring (bicyclic) bond motifs is 1. The summed E-state index contributed by atoms with van der Waals surface area (Å²) in [5.41, 5.74) is 11.5. The quantitative estimate of drug-likeness (QED) is 0.351. The number of nitrogens with two attached hydrogens (primary N) is 1. The molecule has 0 amide bonds. The predicted octanol–water partition coefficient (Wildman–Crippen LogP) is 5.31. The summed E-state index contributed by atoms with van der Waals surface area (Å²) in [7, 11) is 0. The zero-order valence-corrected chi connectivity index (χ0v) is 20.1. The van der Waals surface area contributed by atoms with Gasteiger partial charge in [0.1, 0.15) is 12.4 Å². The molecule has 0 spiro atoms.